The standard InChI is InChI=1S/C12H8O.C12H8S.C7H4NS.C7H8.C3H2NO/c2*1-3-7-11-9(5-1)10-6-2-4-8-12(10)13-11;1-2-4-7-6(3-1)8-5-9-7;1-7-5-3-2-4-6-7;1-2-5-3-4-1/h2*1-8H;1-4H;2-6H,1H3;1-2H. The molecule has 4 aromatic heterocycles. The summed E-state index contributed by atoms with van der Waals surface area (Å²) < 4.78 is 14.0. The lowest BCUT2D eigenvalue weighted by Crippen LogP contribution is -1.62. The number of furan rings is 1. The van der Waals surface area contributed by atoms with E-state index in [-0.39, 0.29) is 0 Å². The lowest BCUT2D eigenvalue weighted by Gasteiger charge is -1.88. The summed E-state index contributed by atoms with van der Waals surface area (Å²) in [5, 5.41) is 5.14. The topological polar surface area (TPSA) is 52.1 Å². The predicted molar refractivity (Wildman–Crippen MR) is 198 cm³/mol. The first-order chi connectivity index (χ1) is 23.3. The number of thiophene rings is 1. The van der Waals surface area contributed by atoms with Gasteiger partial charge in [-0.1, -0.05) is 121 Å². The van der Waals surface area contributed by atoms with E-state index in [1.807, 2.05) is 90.2 Å². The summed E-state index contributed by atoms with van der Waals surface area (Å²) in [7, 11) is 0. The zero-order chi connectivity index (χ0) is 32.1. The van der Waals surface area contributed by atoms with Crippen LogP contribution in [0, 0.1) is 18.8 Å². The molecule has 0 aliphatic rings. The number of aromatic nitrogens is 2. The van der Waals surface area contributed by atoms with E-state index in [9.17, 15) is 0 Å². The van der Waals surface area contributed by atoms with E-state index in [4.69, 9.17) is 4.42 Å². The Kier molecular flexibility index (Phi) is 10.8. The minimum absolute atomic E-state index is 0.962. The van der Waals surface area contributed by atoms with Crippen molar-refractivity contribution in [3.8, 4) is 0 Å². The molecule has 0 N–H and O–H groups in total. The second-order valence-corrected chi connectivity index (χ2v) is 12.2. The van der Waals surface area contributed by atoms with E-state index in [1.165, 1.54) is 53.7 Å². The largest absolute Gasteiger partial charge is 0.456 e. The van der Waals surface area contributed by atoms with Gasteiger partial charge in [0.25, 0.3) is 6.39 Å². The van der Waals surface area contributed by atoms with E-state index in [0.29, 0.717) is 0 Å². The highest BCUT2D eigenvalue weighted by Gasteiger charge is 2.03. The van der Waals surface area contributed by atoms with Crippen LogP contribution in [0.5, 0.6) is 0 Å². The van der Waals surface area contributed by atoms with Crippen molar-refractivity contribution in [3.63, 3.8) is 0 Å². The number of hydrogen-bond donors (Lipinski definition) is 0. The zero-order valence-corrected chi connectivity index (χ0v) is 27.2. The number of benzene rings is 6. The first-order valence-corrected chi connectivity index (χ1v) is 16.6. The maximum Gasteiger partial charge on any atom is 0.283 e. The minimum Gasteiger partial charge on any atom is -0.456 e. The molecule has 0 atom stereocenters. The van der Waals surface area contributed by atoms with E-state index < -0.39 is 0 Å². The molecule has 6 aromatic carbocycles. The van der Waals surface area contributed by atoms with Crippen LogP contribution in [0.3, 0.4) is 0 Å². The van der Waals surface area contributed by atoms with Gasteiger partial charge < -0.3 is 8.83 Å². The third-order valence-corrected chi connectivity index (χ3v) is 8.90. The Labute approximate surface area is 281 Å². The van der Waals surface area contributed by atoms with Gasteiger partial charge in [0.1, 0.15) is 17.4 Å². The second kappa shape index (κ2) is 16.1. The third kappa shape index (κ3) is 8.38. The van der Waals surface area contributed by atoms with Crippen molar-refractivity contribution in [1.82, 2.24) is 9.97 Å². The summed E-state index contributed by atoms with van der Waals surface area (Å²) >= 11 is 3.41. The molecular formula is C41H30N2O2S2. The van der Waals surface area contributed by atoms with Crippen molar-refractivity contribution < 1.29 is 8.83 Å². The molecule has 0 spiro atoms. The predicted octanol–water partition coefficient (Wildman–Crippen LogP) is 12.2. The van der Waals surface area contributed by atoms with Gasteiger partial charge in [0.15, 0.2) is 5.51 Å². The van der Waals surface area contributed by atoms with E-state index >= 15 is 0 Å². The Morgan fingerprint density at radius 1 is 0.532 bits per heavy atom. The van der Waals surface area contributed by atoms with Crippen LogP contribution >= 0.6 is 22.7 Å². The summed E-state index contributed by atoms with van der Waals surface area (Å²) in [4.78, 5) is 7.44. The lowest BCUT2D eigenvalue weighted by molar-refractivity contribution is 0.548. The van der Waals surface area contributed by atoms with Gasteiger partial charge in [0.05, 0.1) is 16.4 Å². The molecule has 0 saturated carbocycles. The maximum absolute atomic E-state index is 5.65. The second-order valence-electron chi connectivity index (χ2n) is 10.2. The van der Waals surface area contributed by atoms with Crippen LogP contribution in [-0.2, 0) is 0 Å². The van der Waals surface area contributed by atoms with Crippen LogP contribution in [-0.4, -0.2) is 9.97 Å². The Hall–Kier alpha value is -5.56. The fraction of sp³-hybridized carbons (Fsp3) is 0.0244. The van der Waals surface area contributed by atoms with Gasteiger partial charge in [-0.2, -0.15) is 0 Å². The Morgan fingerprint density at radius 3 is 1.53 bits per heavy atom. The number of oxazole rings is 1. The van der Waals surface area contributed by atoms with Crippen molar-refractivity contribution in [3.05, 3.63) is 182 Å². The van der Waals surface area contributed by atoms with Crippen LogP contribution in [0.2, 0.25) is 0 Å². The number of rotatable bonds is 0. The van der Waals surface area contributed by atoms with Crippen LogP contribution in [0.1, 0.15) is 5.56 Å². The van der Waals surface area contributed by atoms with Crippen LogP contribution in [0.4, 0.5) is 0 Å². The molecule has 10 aromatic rings. The van der Waals surface area contributed by atoms with Crippen molar-refractivity contribution in [2.45, 2.75) is 6.92 Å². The first kappa shape index (κ1) is 31.4. The molecule has 0 aliphatic heterocycles. The van der Waals surface area contributed by atoms with Crippen molar-refractivity contribution in [1.29, 1.82) is 0 Å². The monoisotopic (exact) mass is 646 g/mol. The van der Waals surface area contributed by atoms with E-state index in [2.05, 4.69) is 106 Å². The van der Waals surface area contributed by atoms with E-state index in [1.54, 1.807) is 11.3 Å². The summed E-state index contributed by atoms with van der Waals surface area (Å²) in [5.41, 5.74) is 7.12. The number of para-hydroxylation sites is 3. The number of thiazole rings is 1. The molecule has 47 heavy (non-hydrogen) atoms. The quantitative estimate of drug-likeness (QED) is 0.164. The lowest BCUT2D eigenvalue weighted by atomic mass is 10.2. The van der Waals surface area contributed by atoms with Gasteiger partial charge in [-0.3, -0.25) is 0 Å². The fourth-order valence-electron chi connectivity index (χ4n) is 4.79. The molecule has 0 bridgehead atoms. The normalized spacial score (nSPS) is 10.2. The molecule has 228 valence electrons. The zero-order valence-electron chi connectivity index (χ0n) is 25.6. The number of nitrogens with zero attached hydrogens (tertiary/aromatic N) is 2. The van der Waals surface area contributed by atoms with E-state index in [0.717, 1.165) is 16.7 Å². The van der Waals surface area contributed by atoms with Gasteiger partial charge in [-0.25, -0.2) is 9.97 Å². The Bertz CT molecular complexity index is 2140. The highest BCUT2D eigenvalue weighted by molar-refractivity contribution is 7.25. The summed E-state index contributed by atoms with van der Waals surface area (Å²) in [5.74, 6) is 0. The molecule has 6 heteroatoms. The van der Waals surface area contributed by atoms with Crippen LogP contribution in [0.15, 0.2) is 173 Å². The number of aryl methyl sites for hydroxylation is 1. The van der Waals surface area contributed by atoms with Gasteiger partial charge in [0, 0.05) is 30.9 Å². The molecular weight excluding hydrogens is 617 g/mol. The van der Waals surface area contributed by atoms with Gasteiger partial charge in [-0.05, 0) is 43.3 Å². The van der Waals surface area contributed by atoms with Gasteiger partial charge >= 0.3 is 0 Å². The smallest absolute Gasteiger partial charge is 0.283 e. The molecule has 0 amide bonds. The molecule has 0 fully saturated rings. The average Bonchev–Trinajstić information content (AvgIpc) is 3.96. The minimum atomic E-state index is 0.962. The van der Waals surface area contributed by atoms with Gasteiger partial charge in [-0.15, -0.1) is 22.7 Å². The number of hydrogen-bond acceptors (Lipinski definition) is 6. The van der Waals surface area contributed by atoms with Crippen molar-refractivity contribution >= 4 is 75.0 Å². The molecule has 0 saturated heterocycles. The van der Waals surface area contributed by atoms with Gasteiger partial charge in [0.2, 0.25) is 0 Å². The SMILES string of the molecule is Cc1ccccc1.[c]1nc2ccccc2s1.[c]1ncco1.c1ccc2c(c1)oc1ccccc12.c1ccc2c(c1)sc1ccccc12. The summed E-state index contributed by atoms with van der Waals surface area (Å²) in [6, 6.07) is 51.6. The van der Waals surface area contributed by atoms with Crippen molar-refractivity contribution in [2.24, 2.45) is 0 Å². The van der Waals surface area contributed by atoms with Crippen molar-refractivity contribution in [2.75, 3.05) is 0 Å². The number of fused-ring (bicyclic) bond motifs is 7. The fourth-order valence-corrected chi connectivity index (χ4v) is 6.51. The molecule has 4 nitrogen and oxygen atoms in total. The maximum atomic E-state index is 5.65. The van der Waals surface area contributed by atoms with Crippen LogP contribution in [0.25, 0.3) is 52.3 Å². The highest BCUT2D eigenvalue weighted by atomic mass is 32.1. The molecule has 2 radical (unpaired) electrons. The molecule has 0 unspecified atom stereocenters. The molecule has 10 rings (SSSR count). The first-order valence-electron chi connectivity index (χ1n) is 15.0. The molecule has 4 heterocycles. The molecule has 0 aliphatic carbocycles. The average molecular weight is 647 g/mol. The third-order valence-electron chi connectivity index (χ3n) is 7.00. The Morgan fingerprint density at radius 2 is 1.04 bits per heavy atom. The highest BCUT2D eigenvalue weighted by Crippen LogP contribution is 2.33. The summed E-state index contributed by atoms with van der Waals surface area (Å²) in [6.45, 7) is 2.08. The summed E-state index contributed by atoms with van der Waals surface area (Å²) in [6.07, 6.45) is 5.22. The Balaban J connectivity index is 0.000000107. The van der Waals surface area contributed by atoms with Crippen LogP contribution < -0.4 is 0 Å².